The fourth-order valence-electron chi connectivity index (χ4n) is 3.41. The van der Waals surface area contributed by atoms with Crippen LogP contribution in [0.4, 0.5) is 17.2 Å². The normalized spacial score (nSPS) is 8.67. The fourth-order valence-corrected chi connectivity index (χ4v) is 3.64. The van der Waals surface area contributed by atoms with Crippen LogP contribution < -0.4 is 11.1 Å². The lowest BCUT2D eigenvalue weighted by Crippen LogP contribution is -1.93. The Hall–Kier alpha value is -4.41. The van der Waals surface area contributed by atoms with E-state index in [1.807, 2.05) is 171 Å². The lowest BCUT2D eigenvalue weighted by Gasteiger charge is -2.08. The molecule has 0 fully saturated rings. The Morgan fingerprint density at radius 3 is 1.40 bits per heavy atom. The molecule has 0 amide bonds. The van der Waals surface area contributed by atoms with E-state index < -0.39 is 0 Å². The van der Waals surface area contributed by atoms with Crippen LogP contribution in [0.5, 0.6) is 0 Å². The van der Waals surface area contributed by atoms with E-state index in [1.54, 1.807) is 6.20 Å². The molecule has 6 aromatic rings. The van der Waals surface area contributed by atoms with Gasteiger partial charge in [-0.05, 0) is 47.2 Å². The zero-order chi connectivity index (χ0) is 32.3. The lowest BCUT2D eigenvalue weighted by atomic mass is 10.1. The number of para-hydroxylation sites is 2. The number of rotatable bonds is 2. The summed E-state index contributed by atoms with van der Waals surface area (Å²) in [6.45, 7) is 16.0. The number of nitrogen functional groups attached to an aromatic ring is 1. The van der Waals surface area contributed by atoms with Crippen LogP contribution >= 0.6 is 11.6 Å². The van der Waals surface area contributed by atoms with Crippen molar-refractivity contribution in [2.24, 2.45) is 0 Å². The first-order valence-corrected chi connectivity index (χ1v) is 15.5. The van der Waals surface area contributed by atoms with Gasteiger partial charge in [-0.25, -0.2) is 9.97 Å². The summed E-state index contributed by atoms with van der Waals surface area (Å²) in [5.41, 5.74) is 7.23. The molecule has 0 radical (unpaired) electrons. The van der Waals surface area contributed by atoms with Crippen LogP contribution in [-0.2, 0) is 0 Å². The molecule has 0 aliphatic heterocycles. The number of benzene rings is 4. The highest BCUT2D eigenvalue weighted by atomic mass is 35.5. The molecule has 2 aromatic heterocycles. The predicted molar refractivity (Wildman–Crippen MR) is 194 cm³/mol. The standard InChI is InChI=1S/C15H12N2.C9H6ClN.C6H7N.4C2H6/c1-2-7-13(8-3-1)17-15-14-9-5-4-6-12(14)10-11-16-15;10-9-8-4-2-1-3-7(8)5-6-11-9;7-6-4-2-1-3-5-6;4*1-2/h1-11H,(H,16,17);1-6H;1-5H,7H2;4*1-2H3. The number of nitrogens with two attached hydrogens (primary N) is 1. The maximum Gasteiger partial charge on any atom is 0.138 e. The number of hydrogen-bond donors (Lipinski definition) is 2. The minimum absolute atomic E-state index is 0.572. The van der Waals surface area contributed by atoms with Crippen LogP contribution in [0.2, 0.25) is 5.15 Å². The van der Waals surface area contributed by atoms with Gasteiger partial charge in [-0.1, -0.05) is 152 Å². The molecule has 0 unspecified atom stereocenters. The van der Waals surface area contributed by atoms with Crippen LogP contribution in [0.25, 0.3) is 21.5 Å². The van der Waals surface area contributed by atoms with Gasteiger partial charge in [-0.3, -0.25) is 0 Å². The second-order valence-corrected chi connectivity index (χ2v) is 7.96. The largest absolute Gasteiger partial charge is 0.399 e. The first-order valence-electron chi connectivity index (χ1n) is 15.2. The molecule has 0 aliphatic carbocycles. The highest BCUT2D eigenvalue weighted by molar-refractivity contribution is 6.34. The molecular formula is C38H49ClN4. The van der Waals surface area contributed by atoms with Gasteiger partial charge in [0.15, 0.2) is 0 Å². The summed E-state index contributed by atoms with van der Waals surface area (Å²) < 4.78 is 0. The highest BCUT2D eigenvalue weighted by Crippen LogP contribution is 2.23. The number of anilines is 3. The zero-order valence-corrected chi connectivity index (χ0v) is 27.8. The van der Waals surface area contributed by atoms with Gasteiger partial charge in [-0.15, -0.1) is 0 Å². The van der Waals surface area contributed by atoms with E-state index in [0.717, 1.165) is 33.4 Å². The molecule has 228 valence electrons. The molecule has 0 aliphatic rings. The third-order valence-corrected chi connectivity index (χ3v) is 5.44. The number of nitrogens with zero attached hydrogens (tertiary/aromatic N) is 2. The summed E-state index contributed by atoms with van der Waals surface area (Å²) in [7, 11) is 0. The molecular weight excluding hydrogens is 548 g/mol. The van der Waals surface area contributed by atoms with Gasteiger partial charge in [0.2, 0.25) is 0 Å². The van der Waals surface area contributed by atoms with Gasteiger partial charge in [0.1, 0.15) is 11.0 Å². The number of aromatic nitrogens is 2. The van der Waals surface area contributed by atoms with Gasteiger partial charge in [0.25, 0.3) is 0 Å². The second kappa shape index (κ2) is 25.3. The molecule has 4 aromatic carbocycles. The summed E-state index contributed by atoms with van der Waals surface area (Å²) in [5.74, 6) is 0.898. The van der Waals surface area contributed by atoms with Crippen LogP contribution in [0, 0.1) is 0 Å². The maximum atomic E-state index is 5.85. The van der Waals surface area contributed by atoms with Crippen molar-refractivity contribution in [1.82, 2.24) is 9.97 Å². The summed E-state index contributed by atoms with van der Waals surface area (Å²) >= 11 is 5.85. The number of fused-ring (bicyclic) bond motifs is 2. The molecule has 2 heterocycles. The second-order valence-electron chi connectivity index (χ2n) is 7.61. The van der Waals surface area contributed by atoms with E-state index in [1.165, 1.54) is 5.39 Å². The van der Waals surface area contributed by atoms with E-state index in [0.29, 0.717) is 5.15 Å². The third kappa shape index (κ3) is 14.4. The van der Waals surface area contributed by atoms with Gasteiger partial charge in [-0.2, -0.15) is 0 Å². The van der Waals surface area contributed by atoms with E-state index in [4.69, 9.17) is 17.3 Å². The molecule has 43 heavy (non-hydrogen) atoms. The maximum absolute atomic E-state index is 5.85. The van der Waals surface area contributed by atoms with E-state index >= 15 is 0 Å². The van der Waals surface area contributed by atoms with Crippen molar-refractivity contribution < 1.29 is 0 Å². The predicted octanol–water partition coefficient (Wildman–Crippen LogP) is 12.2. The van der Waals surface area contributed by atoms with Gasteiger partial charge in [0.05, 0.1) is 0 Å². The first kappa shape index (κ1) is 38.6. The molecule has 3 N–H and O–H groups in total. The summed E-state index contributed by atoms with van der Waals surface area (Å²) in [4.78, 5) is 8.36. The SMILES string of the molecule is CC.CC.CC.CC.Clc1nccc2ccccc12.Nc1ccccc1.c1ccc(Nc2nccc3ccccc23)cc1. The quantitative estimate of drug-likeness (QED) is 0.154. The van der Waals surface area contributed by atoms with Crippen molar-refractivity contribution in [1.29, 1.82) is 0 Å². The van der Waals surface area contributed by atoms with Crippen molar-refractivity contribution >= 4 is 50.3 Å². The number of nitrogens with one attached hydrogen (secondary N) is 1. The highest BCUT2D eigenvalue weighted by Gasteiger charge is 2.01. The first-order chi connectivity index (χ1) is 21.2. The Balaban J connectivity index is 0.000000587. The van der Waals surface area contributed by atoms with E-state index in [2.05, 4.69) is 27.4 Å². The molecule has 5 heteroatoms. The monoisotopic (exact) mass is 596 g/mol. The Morgan fingerprint density at radius 2 is 0.907 bits per heavy atom. The molecule has 0 saturated heterocycles. The minimum atomic E-state index is 0.572. The Morgan fingerprint density at radius 1 is 0.488 bits per heavy atom. The molecule has 0 atom stereocenters. The van der Waals surface area contributed by atoms with Crippen molar-refractivity contribution in [2.75, 3.05) is 11.1 Å². The van der Waals surface area contributed by atoms with Gasteiger partial charge in [0, 0.05) is 34.5 Å². The number of pyridine rings is 2. The summed E-state index contributed by atoms with van der Waals surface area (Å²) in [5, 5.41) is 8.38. The number of halogens is 1. The Bertz CT molecular complexity index is 1480. The topological polar surface area (TPSA) is 63.8 Å². The van der Waals surface area contributed by atoms with Crippen LogP contribution in [0.15, 0.2) is 134 Å². The van der Waals surface area contributed by atoms with Crippen LogP contribution in [0.1, 0.15) is 55.4 Å². The molecule has 0 bridgehead atoms. The van der Waals surface area contributed by atoms with Gasteiger partial charge >= 0.3 is 0 Å². The Labute approximate surface area is 265 Å². The van der Waals surface area contributed by atoms with Crippen molar-refractivity contribution in [2.45, 2.75) is 55.4 Å². The Kier molecular flexibility index (Phi) is 22.7. The van der Waals surface area contributed by atoms with Crippen molar-refractivity contribution in [3.05, 3.63) is 139 Å². The van der Waals surface area contributed by atoms with Crippen molar-refractivity contribution in [3.63, 3.8) is 0 Å². The van der Waals surface area contributed by atoms with Crippen molar-refractivity contribution in [3.8, 4) is 0 Å². The molecule has 4 nitrogen and oxygen atoms in total. The molecule has 0 spiro atoms. The van der Waals surface area contributed by atoms with Gasteiger partial charge < -0.3 is 11.1 Å². The zero-order valence-electron chi connectivity index (χ0n) is 27.1. The average Bonchev–Trinajstić information content (AvgIpc) is 3.10. The minimum Gasteiger partial charge on any atom is -0.399 e. The smallest absolute Gasteiger partial charge is 0.138 e. The molecule has 0 saturated carbocycles. The lowest BCUT2D eigenvalue weighted by molar-refractivity contribution is 1.34. The van der Waals surface area contributed by atoms with E-state index in [-0.39, 0.29) is 0 Å². The number of hydrogen-bond acceptors (Lipinski definition) is 4. The van der Waals surface area contributed by atoms with Crippen LogP contribution in [-0.4, -0.2) is 9.97 Å². The summed E-state index contributed by atoms with van der Waals surface area (Å²) in [6, 6.07) is 39.7. The average molecular weight is 597 g/mol. The summed E-state index contributed by atoms with van der Waals surface area (Å²) in [6.07, 6.45) is 3.54. The molecule has 6 rings (SSSR count). The fraction of sp³-hybridized carbons (Fsp3) is 0.211. The van der Waals surface area contributed by atoms with Crippen LogP contribution in [0.3, 0.4) is 0 Å². The third-order valence-electron chi connectivity index (χ3n) is 5.13. The van der Waals surface area contributed by atoms with E-state index in [9.17, 15) is 0 Å².